The van der Waals surface area contributed by atoms with Crippen LogP contribution >= 0.6 is 25.3 Å². The predicted octanol–water partition coefficient (Wildman–Crippen LogP) is 5.44. The van der Waals surface area contributed by atoms with Crippen molar-refractivity contribution >= 4 is 31.2 Å². The minimum absolute atomic E-state index is 0.166. The molecule has 5 heteroatoms. The monoisotopic (exact) mass is 398 g/mol. The standard InChI is InChI=1S/C21H34O3S2/c1-20(2,16-23-21(3,4)17-10-6-5-7-11-17)24-19(22)13-9-8-12-18(26)14-15-25/h5-7,10-11,18,25-26H,8-9,12-16H2,1-4H3. The molecule has 26 heavy (non-hydrogen) atoms. The third kappa shape index (κ3) is 9.33. The van der Waals surface area contributed by atoms with E-state index in [1.807, 2.05) is 58.0 Å². The van der Waals surface area contributed by atoms with E-state index in [1.54, 1.807) is 0 Å². The Hall–Kier alpha value is -0.650. The van der Waals surface area contributed by atoms with Crippen molar-refractivity contribution in [1.82, 2.24) is 0 Å². The van der Waals surface area contributed by atoms with Crippen LogP contribution in [0.2, 0.25) is 0 Å². The average molecular weight is 399 g/mol. The van der Waals surface area contributed by atoms with E-state index in [9.17, 15) is 4.79 Å². The zero-order valence-corrected chi connectivity index (χ0v) is 18.3. The van der Waals surface area contributed by atoms with Gasteiger partial charge in [-0.3, -0.25) is 4.79 Å². The Labute approximate surface area is 170 Å². The van der Waals surface area contributed by atoms with Gasteiger partial charge in [-0.2, -0.15) is 25.3 Å². The SMILES string of the molecule is CC(C)(COC(C)(C)c1ccccc1)OC(=O)CCCCC(S)CCS. The lowest BCUT2D eigenvalue weighted by atomic mass is 9.98. The third-order valence-electron chi connectivity index (χ3n) is 4.27. The fraction of sp³-hybridized carbons (Fsp3) is 0.667. The van der Waals surface area contributed by atoms with Crippen molar-refractivity contribution in [3.05, 3.63) is 35.9 Å². The van der Waals surface area contributed by atoms with E-state index in [1.165, 1.54) is 0 Å². The lowest BCUT2D eigenvalue weighted by molar-refractivity contribution is -0.169. The van der Waals surface area contributed by atoms with Crippen molar-refractivity contribution in [2.75, 3.05) is 12.4 Å². The molecule has 0 spiro atoms. The normalized spacial score (nSPS) is 13.5. The summed E-state index contributed by atoms with van der Waals surface area (Å²) < 4.78 is 11.7. The summed E-state index contributed by atoms with van der Waals surface area (Å²) in [5, 5.41) is 0.369. The van der Waals surface area contributed by atoms with Crippen molar-refractivity contribution in [3.8, 4) is 0 Å². The first-order chi connectivity index (χ1) is 12.2. The van der Waals surface area contributed by atoms with Gasteiger partial charge < -0.3 is 9.47 Å². The van der Waals surface area contributed by atoms with Gasteiger partial charge in [0.15, 0.2) is 0 Å². The first kappa shape index (κ1) is 23.4. The number of thiol groups is 2. The predicted molar refractivity (Wildman–Crippen MR) is 115 cm³/mol. The Kier molecular flexibility index (Phi) is 10.1. The highest BCUT2D eigenvalue weighted by atomic mass is 32.1. The fourth-order valence-corrected chi connectivity index (χ4v) is 3.44. The Bertz CT molecular complexity index is 529. The Balaban J connectivity index is 2.35. The average Bonchev–Trinajstić information content (AvgIpc) is 2.58. The molecule has 1 aromatic rings. The number of unbranched alkanes of at least 4 members (excludes halogenated alkanes) is 1. The van der Waals surface area contributed by atoms with E-state index in [4.69, 9.17) is 9.47 Å². The number of esters is 1. The second-order valence-corrected chi connectivity index (χ2v) is 8.99. The second kappa shape index (κ2) is 11.3. The van der Waals surface area contributed by atoms with Crippen molar-refractivity contribution in [2.45, 2.75) is 76.3 Å². The van der Waals surface area contributed by atoms with Gasteiger partial charge in [0.1, 0.15) is 5.60 Å². The molecule has 3 nitrogen and oxygen atoms in total. The minimum Gasteiger partial charge on any atom is -0.457 e. The summed E-state index contributed by atoms with van der Waals surface area (Å²) in [7, 11) is 0. The number of benzene rings is 1. The van der Waals surface area contributed by atoms with Crippen molar-refractivity contribution in [2.24, 2.45) is 0 Å². The van der Waals surface area contributed by atoms with Crippen LogP contribution in [-0.4, -0.2) is 29.2 Å². The Morgan fingerprint density at radius 1 is 1.08 bits per heavy atom. The number of hydrogen-bond donors (Lipinski definition) is 2. The molecule has 0 bridgehead atoms. The summed E-state index contributed by atoms with van der Waals surface area (Å²) in [6.45, 7) is 8.18. The molecule has 0 N–H and O–H groups in total. The Morgan fingerprint density at radius 2 is 1.73 bits per heavy atom. The summed E-state index contributed by atoms with van der Waals surface area (Å²) in [6, 6.07) is 10.1. The highest BCUT2D eigenvalue weighted by Crippen LogP contribution is 2.26. The van der Waals surface area contributed by atoms with E-state index in [0.29, 0.717) is 18.3 Å². The molecule has 0 heterocycles. The van der Waals surface area contributed by atoms with Crippen molar-refractivity contribution < 1.29 is 14.3 Å². The maximum absolute atomic E-state index is 12.1. The van der Waals surface area contributed by atoms with Gasteiger partial charge in [-0.25, -0.2) is 0 Å². The van der Waals surface area contributed by atoms with Crippen LogP contribution in [0, 0.1) is 0 Å². The van der Waals surface area contributed by atoms with Crippen LogP contribution in [-0.2, 0) is 19.9 Å². The van der Waals surface area contributed by atoms with Gasteiger partial charge in [0, 0.05) is 11.7 Å². The molecule has 0 saturated heterocycles. The fourth-order valence-electron chi connectivity index (χ4n) is 2.61. The van der Waals surface area contributed by atoms with Crippen LogP contribution in [0.25, 0.3) is 0 Å². The van der Waals surface area contributed by atoms with E-state index in [2.05, 4.69) is 25.3 Å². The van der Waals surface area contributed by atoms with Crippen LogP contribution < -0.4 is 0 Å². The third-order valence-corrected chi connectivity index (χ3v) is 5.04. The highest BCUT2D eigenvalue weighted by molar-refractivity contribution is 7.81. The quantitative estimate of drug-likeness (QED) is 0.280. The summed E-state index contributed by atoms with van der Waals surface area (Å²) in [6.07, 6.45) is 4.25. The topological polar surface area (TPSA) is 35.5 Å². The Morgan fingerprint density at radius 3 is 2.35 bits per heavy atom. The van der Waals surface area contributed by atoms with Gasteiger partial charge >= 0.3 is 5.97 Å². The van der Waals surface area contributed by atoms with Gasteiger partial charge in [0.05, 0.1) is 12.2 Å². The van der Waals surface area contributed by atoms with E-state index in [-0.39, 0.29) is 5.97 Å². The molecule has 1 unspecified atom stereocenters. The molecule has 0 radical (unpaired) electrons. The molecule has 0 saturated carbocycles. The number of hydrogen-bond acceptors (Lipinski definition) is 5. The van der Waals surface area contributed by atoms with Crippen LogP contribution in [0.5, 0.6) is 0 Å². The molecule has 1 atom stereocenters. The second-order valence-electron chi connectivity index (χ2n) is 7.81. The molecule has 148 valence electrons. The first-order valence-electron chi connectivity index (χ1n) is 9.36. The minimum atomic E-state index is -0.652. The van der Waals surface area contributed by atoms with E-state index in [0.717, 1.165) is 37.0 Å². The lowest BCUT2D eigenvalue weighted by Gasteiger charge is -2.32. The summed E-state index contributed by atoms with van der Waals surface area (Å²) >= 11 is 8.72. The van der Waals surface area contributed by atoms with Crippen molar-refractivity contribution in [3.63, 3.8) is 0 Å². The summed E-state index contributed by atoms with van der Waals surface area (Å²) in [5.41, 5.74) is 0.0189. The molecule has 0 aliphatic rings. The van der Waals surface area contributed by atoms with Gasteiger partial charge in [0.25, 0.3) is 0 Å². The first-order valence-corrected chi connectivity index (χ1v) is 10.5. The zero-order valence-electron chi connectivity index (χ0n) is 16.5. The smallest absolute Gasteiger partial charge is 0.306 e. The number of ether oxygens (including phenoxy) is 2. The molecule has 0 amide bonds. The zero-order chi connectivity index (χ0) is 19.6. The van der Waals surface area contributed by atoms with E-state index < -0.39 is 11.2 Å². The molecule has 0 aromatic heterocycles. The molecule has 0 aliphatic heterocycles. The molecule has 0 aliphatic carbocycles. The lowest BCUT2D eigenvalue weighted by Crippen LogP contribution is -2.37. The van der Waals surface area contributed by atoms with Gasteiger partial charge in [0.2, 0.25) is 0 Å². The molecular formula is C21H34O3S2. The van der Waals surface area contributed by atoms with Crippen LogP contribution in [0.4, 0.5) is 0 Å². The molecule has 1 rings (SSSR count). The number of carbonyl (C=O) groups is 1. The van der Waals surface area contributed by atoms with Crippen LogP contribution in [0.15, 0.2) is 30.3 Å². The van der Waals surface area contributed by atoms with Gasteiger partial charge in [-0.05, 0) is 58.3 Å². The number of rotatable bonds is 12. The highest BCUT2D eigenvalue weighted by Gasteiger charge is 2.28. The molecule has 1 aromatic carbocycles. The molecule has 0 fully saturated rings. The maximum atomic E-state index is 12.1. The maximum Gasteiger partial charge on any atom is 0.306 e. The van der Waals surface area contributed by atoms with Crippen LogP contribution in [0.1, 0.15) is 65.4 Å². The van der Waals surface area contributed by atoms with E-state index >= 15 is 0 Å². The largest absolute Gasteiger partial charge is 0.457 e. The van der Waals surface area contributed by atoms with Crippen LogP contribution in [0.3, 0.4) is 0 Å². The number of carbonyl (C=O) groups excluding carboxylic acids is 1. The summed E-state index contributed by atoms with van der Waals surface area (Å²) in [4.78, 5) is 12.1. The van der Waals surface area contributed by atoms with Gasteiger partial charge in [-0.1, -0.05) is 36.8 Å². The molecular weight excluding hydrogens is 364 g/mol. The van der Waals surface area contributed by atoms with Crippen molar-refractivity contribution in [1.29, 1.82) is 0 Å². The van der Waals surface area contributed by atoms with Gasteiger partial charge in [-0.15, -0.1) is 0 Å². The summed E-state index contributed by atoms with van der Waals surface area (Å²) in [5.74, 6) is 0.685.